The number of aromatic hydroxyl groups is 1. The van der Waals surface area contributed by atoms with Gasteiger partial charge in [0.15, 0.2) is 0 Å². The summed E-state index contributed by atoms with van der Waals surface area (Å²) >= 11 is 0. The van der Waals surface area contributed by atoms with Crippen LogP contribution in [0.1, 0.15) is 26.7 Å². The Bertz CT molecular complexity index is 388. The highest BCUT2D eigenvalue weighted by molar-refractivity contribution is 5.97. The van der Waals surface area contributed by atoms with E-state index in [9.17, 15) is 9.90 Å². The van der Waals surface area contributed by atoms with Gasteiger partial charge in [0.25, 0.3) is 0 Å². The molecule has 1 amide bonds. The van der Waals surface area contributed by atoms with Crippen LogP contribution in [-0.2, 0) is 4.79 Å². The van der Waals surface area contributed by atoms with Crippen molar-refractivity contribution < 1.29 is 9.90 Å². The Labute approximate surface area is 108 Å². The second-order valence-electron chi connectivity index (χ2n) is 4.57. The van der Waals surface area contributed by atoms with Crippen LogP contribution in [0.3, 0.4) is 0 Å². The van der Waals surface area contributed by atoms with Gasteiger partial charge in [-0.25, -0.2) is 0 Å². The SMILES string of the molecule is CCC(CC)(CN)C(=O)N(C)c1ccc(O)cc1. The summed E-state index contributed by atoms with van der Waals surface area (Å²) in [5.74, 6) is 0.219. The molecule has 18 heavy (non-hydrogen) atoms. The Morgan fingerprint density at radius 1 is 1.28 bits per heavy atom. The fourth-order valence-electron chi connectivity index (χ4n) is 2.08. The number of carbonyl (C=O) groups is 1. The summed E-state index contributed by atoms with van der Waals surface area (Å²) in [4.78, 5) is 14.1. The lowest BCUT2D eigenvalue weighted by molar-refractivity contribution is -0.127. The van der Waals surface area contributed by atoms with Crippen LogP contribution in [0, 0.1) is 5.41 Å². The lowest BCUT2D eigenvalue weighted by atomic mass is 9.81. The van der Waals surface area contributed by atoms with Crippen LogP contribution < -0.4 is 10.6 Å². The molecule has 1 aromatic carbocycles. The lowest BCUT2D eigenvalue weighted by Crippen LogP contribution is -2.46. The molecule has 1 rings (SSSR count). The molecule has 0 radical (unpaired) electrons. The summed E-state index contributed by atoms with van der Waals surface area (Å²) in [6.45, 7) is 4.32. The topological polar surface area (TPSA) is 66.6 Å². The summed E-state index contributed by atoms with van der Waals surface area (Å²) in [5.41, 5.74) is 6.05. The van der Waals surface area contributed by atoms with E-state index in [0.29, 0.717) is 6.54 Å². The number of rotatable bonds is 5. The van der Waals surface area contributed by atoms with Crippen LogP contribution in [0.25, 0.3) is 0 Å². The zero-order valence-electron chi connectivity index (χ0n) is 11.3. The Hall–Kier alpha value is -1.55. The summed E-state index contributed by atoms with van der Waals surface area (Å²) in [6.07, 6.45) is 1.45. The van der Waals surface area contributed by atoms with Crippen LogP contribution in [0.15, 0.2) is 24.3 Å². The Morgan fingerprint density at radius 2 is 1.78 bits per heavy atom. The van der Waals surface area contributed by atoms with Gasteiger partial charge in [0.05, 0.1) is 5.41 Å². The Morgan fingerprint density at radius 3 is 2.17 bits per heavy atom. The van der Waals surface area contributed by atoms with Crippen molar-refractivity contribution in [2.75, 3.05) is 18.5 Å². The van der Waals surface area contributed by atoms with Gasteiger partial charge in [-0.1, -0.05) is 13.8 Å². The van der Waals surface area contributed by atoms with Gasteiger partial charge in [-0.15, -0.1) is 0 Å². The van der Waals surface area contributed by atoms with E-state index in [0.717, 1.165) is 18.5 Å². The number of anilines is 1. The van der Waals surface area contributed by atoms with E-state index in [1.807, 2.05) is 13.8 Å². The molecule has 0 aromatic heterocycles. The van der Waals surface area contributed by atoms with E-state index in [2.05, 4.69) is 0 Å². The van der Waals surface area contributed by atoms with Crippen molar-refractivity contribution in [3.63, 3.8) is 0 Å². The van der Waals surface area contributed by atoms with E-state index >= 15 is 0 Å². The second-order valence-corrected chi connectivity index (χ2v) is 4.57. The maximum Gasteiger partial charge on any atom is 0.234 e. The third-order valence-corrected chi connectivity index (χ3v) is 3.74. The molecule has 0 fully saturated rings. The summed E-state index contributed by atoms with van der Waals surface area (Å²) in [6, 6.07) is 6.59. The van der Waals surface area contributed by atoms with Crippen molar-refractivity contribution in [1.82, 2.24) is 0 Å². The van der Waals surface area contributed by atoms with Crippen molar-refractivity contribution in [3.8, 4) is 5.75 Å². The highest BCUT2D eigenvalue weighted by atomic mass is 16.3. The molecule has 4 heteroatoms. The molecule has 4 nitrogen and oxygen atoms in total. The molecule has 0 aliphatic rings. The smallest absolute Gasteiger partial charge is 0.234 e. The molecule has 0 spiro atoms. The standard InChI is InChI=1S/C14H22N2O2/c1-4-14(5-2,10-15)13(18)16(3)11-6-8-12(17)9-7-11/h6-9,17H,4-5,10,15H2,1-3H3. The summed E-state index contributed by atoms with van der Waals surface area (Å²) in [7, 11) is 1.74. The van der Waals surface area contributed by atoms with Crippen LogP contribution >= 0.6 is 0 Å². The third kappa shape index (κ3) is 2.64. The zero-order chi connectivity index (χ0) is 13.8. The van der Waals surface area contributed by atoms with E-state index in [1.54, 1.807) is 36.2 Å². The first-order valence-electron chi connectivity index (χ1n) is 6.28. The molecular formula is C14H22N2O2. The van der Waals surface area contributed by atoms with Gasteiger partial charge in [0.1, 0.15) is 5.75 Å². The number of benzene rings is 1. The lowest BCUT2D eigenvalue weighted by Gasteiger charge is -2.33. The molecule has 0 saturated heterocycles. The molecule has 3 N–H and O–H groups in total. The van der Waals surface area contributed by atoms with Gasteiger partial charge >= 0.3 is 0 Å². The van der Waals surface area contributed by atoms with Crippen LogP contribution in [0.5, 0.6) is 5.75 Å². The second kappa shape index (κ2) is 5.87. The number of phenols is 1. The molecule has 0 heterocycles. The average molecular weight is 250 g/mol. The maximum absolute atomic E-state index is 12.5. The number of hydrogen-bond donors (Lipinski definition) is 2. The monoisotopic (exact) mass is 250 g/mol. The number of amides is 1. The molecule has 100 valence electrons. The average Bonchev–Trinajstić information content (AvgIpc) is 2.41. The van der Waals surface area contributed by atoms with Crippen molar-refractivity contribution in [3.05, 3.63) is 24.3 Å². The largest absolute Gasteiger partial charge is 0.508 e. The first-order valence-corrected chi connectivity index (χ1v) is 6.28. The van der Waals surface area contributed by atoms with Gasteiger partial charge in [0.2, 0.25) is 5.91 Å². The van der Waals surface area contributed by atoms with Gasteiger partial charge in [-0.2, -0.15) is 0 Å². The summed E-state index contributed by atoms with van der Waals surface area (Å²) in [5, 5.41) is 9.25. The normalized spacial score (nSPS) is 11.3. The molecule has 1 aromatic rings. The number of carbonyl (C=O) groups excluding carboxylic acids is 1. The Balaban J connectivity index is 2.99. The minimum atomic E-state index is -0.493. The van der Waals surface area contributed by atoms with Crippen LogP contribution in [0.4, 0.5) is 5.69 Å². The maximum atomic E-state index is 12.5. The summed E-state index contributed by atoms with van der Waals surface area (Å²) < 4.78 is 0. The predicted octanol–water partition coefficient (Wildman–Crippen LogP) is 2.12. The van der Waals surface area contributed by atoms with E-state index in [-0.39, 0.29) is 11.7 Å². The quantitative estimate of drug-likeness (QED) is 0.841. The number of hydrogen-bond acceptors (Lipinski definition) is 3. The molecule has 0 bridgehead atoms. The highest BCUT2D eigenvalue weighted by Gasteiger charge is 2.36. The number of nitrogens with zero attached hydrogens (tertiary/aromatic N) is 1. The van der Waals surface area contributed by atoms with Crippen LogP contribution in [0.2, 0.25) is 0 Å². The van der Waals surface area contributed by atoms with Crippen molar-refractivity contribution in [2.24, 2.45) is 11.1 Å². The third-order valence-electron chi connectivity index (χ3n) is 3.74. The fraction of sp³-hybridized carbons (Fsp3) is 0.500. The minimum Gasteiger partial charge on any atom is -0.508 e. The van der Waals surface area contributed by atoms with E-state index in [1.165, 1.54) is 0 Å². The van der Waals surface area contributed by atoms with Crippen LogP contribution in [-0.4, -0.2) is 24.6 Å². The van der Waals surface area contributed by atoms with Gasteiger partial charge < -0.3 is 15.7 Å². The molecule has 0 aliphatic heterocycles. The van der Waals surface area contributed by atoms with Gasteiger partial charge in [0, 0.05) is 19.3 Å². The van der Waals surface area contributed by atoms with Crippen molar-refractivity contribution in [1.29, 1.82) is 0 Å². The first kappa shape index (κ1) is 14.5. The Kier molecular flexibility index (Phi) is 4.73. The molecule has 0 aliphatic carbocycles. The molecule has 0 unspecified atom stereocenters. The van der Waals surface area contributed by atoms with Gasteiger partial charge in [-0.3, -0.25) is 4.79 Å². The van der Waals surface area contributed by atoms with Gasteiger partial charge in [-0.05, 0) is 37.1 Å². The van der Waals surface area contributed by atoms with E-state index in [4.69, 9.17) is 5.73 Å². The molecule has 0 saturated carbocycles. The molecule has 0 atom stereocenters. The highest BCUT2D eigenvalue weighted by Crippen LogP contribution is 2.29. The number of phenolic OH excluding ortho intramolecular Hbond substituents is 1. The number of nitrogens with two attached hydrogens (primary N) is 1. The van der Waals surface area contributed by atoms with E-state index < -0.39 is 5.41 Å². The molecular weight excluding hydrogens is 228 g/mol. The fourth-order valence-corrected chi connectivity index (χ4v) is 2.08. The zero-order valence-corrected chi connectivity index (χ0v) is 11.3. The first-order chi connectivity index (χ1) is 8.50. The van der Waals surface area contributed by atoms with Crippen molar-refractivity contribution in [2.45, 2.75) is 26.7 Å². The minimum absolute atomic E-state index is 0.0284. The van der Waals surface area contributed by atoms with Crippen molar-refractivity contribution >= 4 is 11.6 Å². The predicted molar refractivity (Wildman–Crippen MR) is 73.6 cm³/mol.